The number of nitrogens with one attached hydrogen (secondary N) is 1. The summed E-state index contributed by atoms with van der Waals surface area (Å²) in [6.45, 7) is 1.34. The number of fused-ring (bicyclic) bond motifs is 1. The quantitative estimate of drug-likeness (QED) is 0.541. The number of hydrogen-bond acceptors (Lipinski definition) is 4. The van der Waals surface area contributed by atoms with Crippen LogP contribution >= 0.6 is 0 Å². The number of halogens is 3. The molecule has 168 valence electrons. The summed E-state index contributed by atoms with van der Waals surface area (Å²) in [7, 11) is 2.00. The summed E-state index contributed by atoms with van der Waals surface area (Å²) >= 11 is 0. The predicted molar refractivity (Wildman–Crippen MR) is 112 cm³/mol. The Hall–Kier alpha value is -2.74. The molecule has 1 heterocycles. The Labute approximate surface area is 180 Å². The molecule has 1 amide bonds. The number of benzene rings is 2. The van der Waals surface area contributed by atoms with Crippen molar-refractivity contribution in [1.82, 2.24) is 4.90 Å². The van der Waals surface area contributed by atoms with Crippen LogP contribution in [0.4, 0.5) is 18.9 Å². The predicted octanol–water partition coefficient (Wildman–Crippen LogP) is 5.32. The number of para-hydroxylation sites is 2. The summed E-state index contributed by atoms with van der Waals surface area (Å²) < 4.78 is 49.4. The van der Waals surface area contributed by atoms with Crippen LogP contribution in [0.5, 0.6) is 11.5 Å². The molecule has 0 saturated carbocycles. The molecule has 0 saturated heterocycles. The van der Waals surface area contributed by atoms with Gasteiger partial charge in [-0.05, 0) is 56.3 Å². The van der Waals surface area contributed by atoms with Gasteiger partial charge >= 0.3 is 6.18 Å². The van der Waals surface area contributed by atoms with Crippen LogP contribution in [0.3, 0.4) is 0 Å². The van der Waals surface area contributed by atoms with E-state index >= 15 is 0 Å². The largest absolute Gasteiger partial charge is 0.484 e. The lowest BCUT2D eigenvalue weighted by molar-refractivity contribution is -0.137. The van der Waals surface area contributed by atoms with Gasteiger partial charge in [-0.25, -0.2) is 0 Å². The fraction of sp³-hybridized carbons (Fsp3) is 0.435. The van der Waals surface area contributed by atoms with Gasteiger partial charge in [0.2, 0.25) is 5.91 Å². The Morgan fingerprint density at radius 2 is 1.71 bits per heavy atom. The molecule has 2 aromatic rings. The summed E-state index contributed by atoms with van der Waals surface area (Å²) in [5.74, 6) is 1.33. The van der Waals surface area contributed by atoms with Gasteiger partial charge in [0.1, 0.15) is 6.61 Å². The van der Waals surface area contributed by atoms with Crippen molar-refractivity contribution in [3.05, 3.63) is 54.1 Å². The van der Waals surface area contributed by atoms with Crippen LogP contribution in [0.2, 0.25) is 0 Å². The van der Waals surface area contributed by atoms with Crippen molar-refractivity contribution < 1.29 is 27.4 Å². The third-order valence-corrected chi connectivity index (χ3v) is 5.15. The van der Waals surface area contributed by atoms with E-state index in [0.717, 1.165) is 55.9 Å². The van der Waals surface area contributed by atoms with E-state index in [1.54, 1.807) is 0 Å². The molecule has 1 atom stereocenters. The molecule has 1 aliphatic rings. The van der Waals surface area contributed by atoms with Crippen molar-refractivity contribution in [2.24, 2.45) is 0 Å². The Morgan fingerprint density at radius 3 is 2.42 bits per heavy atom. The van der Waals surface area contributed by atoms with Crippen molar-refractivity contribution in [3.63, 3.8) is 0 Å². The van der Waals surface area contributed by atoms with Crippen LogP contribution in [-0.4, -0.2) is 37.2 Å². The minimum atomic E-state index is -4.38. The second-order valence-corrected chi connectivity index (χ2v) is 7.60. The molecule has 0 aromatic heterocycles. The summed E-state index contributed by atoms with van der Waals surface area (Å²) in [4.78, 5) is 14.1. The molecule has 0 bridgehead atoms. The number of rotatable bonds is 9. The van der Waals surface area contributed by atoms with Crippen LogP contribution in [0.15, 0.2) is 48.5 Å². The van der Waals surface area contributed by atoms with E-state index in [9.17, 15) is 18.0 Å². The molecule has 8 heteroatoms. The first-order valence-corrected chi connectivity index (χ1v) is 10.4. The van der Waals surface area contributed by atoms with Crippen LogP contribution in [0.1, 0.15) is 37.7 Å². The highest BCUT2D eigenvalue weighted by Gasteiger charge is 2.30. The fourth-order valence-corrected chi connectivity index (χ4v) is 3.34. The molecule has 1 N–H and O–H groups in total. The number of carbonyl (C=O) groups excluding carboxylic acids is 1. The lowest BCUT2D eigenvalue weighted by Crippen LogP contribution is -2.43. The first kappa shape index (κ1) is 22.9. The van der Waals surface area contributed by atoms with E-state index < -0.39 is 11.7 Å². The number of ether oxygens (including phenoxy) is 2. The summed E-state index contributed by atoms with van der Waals surface area (Å²) in [5.41, 5.74) is -0.360. The Balaban J connectivity index is 1.28. The molecule has 31 heavy (non-hydrogen) atoms. The zero-order valence-corrected chi connectivity index (χ0v) is 17.5. The number of alkyl halides is 3. The number of nitrogens with zero attached hydrogens (tertiary/aromatic N) is 1. The van der Waals surface area contributed by atoms with Gasteiger partial charge in [0.15, 0.2) is 17.7 Å². The smallest absolute Gasteiger partial charge is 0.416 e. The molecular formula is C23H27F3N2O3. The zero-order valence-electron chi connectivity index (χ0n) is 17.5. The highest BCUT2D eigenvalue weighted by atomic mass is 19.4. The van der Waals surface area contributed by atoms with Gasteiger partial charge in [0, 0.05) is 18.7 Å². The van der Waals surface area contributed by atoms with Crippen LogP contribution in [-0.2, 0) is 11.0 Å². The minimum Gasteiger partial charge on any atom is -0.484 e. The average Bonchev–Trinajstić information content (AvgIpc) is 2.75. The number of carbonyl (C=O) groups is 1. The lowest BCUT2D eigenvalue weighted by Gasteiger charge is -2.32. The number of anilines is 1. The van der Waals surface area contributed by atoms with Gasteiger partial charge in [-0.3, -0.25) is 9.69 Å². The topological polar surface area (TPSA) is 50.8 Å². The third-order valence-electron chi connectivity index (χ3n) is 5.15. The second-order valence-electron chi connectivity index (χ2n) is 7.60. The van der Waals surface area contributed by atoms with Gasteiger partial charge in [0.05, 0.1) is 5.56 Å². The van der Waals surface area contributed by atoms with E-state index in [1.807, 2.05) is 31.3 Å². The summed E-state index contributed by atoms with van der Waals surface area (Å²) in [6, 6.07) is 12.1. The second kappa shape index (κ2) is 10.5. The normalized spacial score (nSPS) is 15.7. The minimum absolute atomic E-state index is 0.121. The van der Waals surface area contributed by atoms with Gasteiger partial charge in [0.25, 0.3) is 0 Å². The molecular weight excluding hydrogens is 409 g/mol. The molecule has 0 aliphatic carbocycles. The maximum atomic E-state index is 12.6. The van der Waals surface area contributed by atoms with E-state index in [1.165, 1.54) is 12.1 Å². The average molecular weight is 436 g/mol. The lowest BCUT2D eigenvalue weighted by atomic mass is 10.1. The van der Waals surface area contributed by atoms with Gasteiger partial charge in [-0.1, -0.05) is 25.0 Å². The Kier molecular flexibility index (Phi) is 7.79. The van der Waals surface area contributed by atoms with E-state index in [4.69, 9.17) is 9.47 Å². The number of hydrogen-bond donors (Lipinski definition) is 1. The van der Waals surface area contributed by atoms with E-state index in [0.29, 0.717) is 18.7 Å². The number of likely N-dealkylation sites (N-methyl/N-ethyl adjacent to an activating group) is 1. The van der Waals surface area contributed by atoms with Gasteiger partial charge < -0.3 is 14.8 Å². The van der Waals surface area contributed by atoms with Gasteiger partial charge in [-0.15, -0.1) is 0 Å². The molecule has 1 aliphatic heterocycles. The van der Waals surface area contributed by atoms with Gasteiger partial charge in [-0.2, -0.15) is 13.2 Å². The first-order chi connectivity index (χ1) is 14.8. The van der Waals surface area contributed by atoms with Crippen LogP contribution in [0.25, 0.3) is 0 Å². The monoisotopic (exact) mass is 436 g/mol. The van der Waals surface area contributed by atoms with E-state index in [2.05, 4.69) is 10.2 Å². The number of unbranched alkanes of at least 4 members (excludes halogenated alkanes) is 3. The highest BCUT2D eigenvalue weighted by molar-refractivity contribution is 5.90. The third kappa shape index (κ3) is 6.89. The molecule has 0 spiro atoms. The molecule has 3 rings (SSSR count). The standard InChI is InChI=1S/C23H27F3N2O3/c1-28(22-16-30-19-8-5-6-9-20(19)31-22)15-7-3-2-4-10-21(29)27-18-13-11-17(12-14-18)23(24,25)26/h5-6,8-9,11-14,22H,2-4,7,10,15-16H2,1H3,(H,27,29). The maximum Gasteiger partial charge on any atom is 0.416 e. The Bertz CT molecular complexity index is 856. The van der Waals surface area contributed by atoms with Crippen molar-refractivity contribution in [1.29, 1.82) is 0 Å². The van der Waals surface area contributed by atoms with Crippen molar-refractivity contribution in [2.45, 2.75) is 44.5 Å². The summed E-state index contributed by atoms with van der Waals surface area (Å²) in [6.07, 6.45) is -0.582. The Morgan fingerprint density at radius 1 is 1.03 bits per heavy atom. The van der Waals surface area contributed by atoms with Crippen LogP contribution in [0, 0.1) is 0 Å². The molecule has 0 radical (unpaired) electrons. The summed E-state index contributed by atoms with van der Waals surface area (Å²) in [5, 5.41) is 2.64. The molecule has 0 fully saturated rings. The van der Waals surface area contributed by atoms with E-state index in [-0.39, 0.29) is 12.1 Å². The maximum absolute atomic E-state index is 12.6. The molecule has 5 nitrogen and oxygen atoms in total. The highest BCUT2D eigenvalue weighted by Crippen LogP contribution is 2.31. The fourth-order valence-electron chi connectivity index (χ4n) is 3.34. The van der Waals surface area contributed by atoms with Crippen molar-refractivity contribution in [2.75, 3.05) is 25.5 Å². The SMILES string of the molecule is CN(CCCCCCC(=O)Nc1ccc(C(F)(F)F)cc1)C1COc2ccccc2O1. The first-order valence-electron chi connectivity index (χ1n) is 10.4. The number of amides is 1. The van der Waals surface area contributed by atoms with Crippen molar-refractivity contribution in [3.8, 4) is 11.5 Å². The molecule has 2 aromatic carbocycles. The molecule has 1 unspecified atom stereocenters. The zero-order chi connectivity index (χ0) is 22.3. The van der Waals surface area contributed by atoms with Crippen molar-refractivity contribution >= 4 is 11.6 Å². The van der Waals surface area contributed by atoms with Crippen LogP contribution < -0.4 is 14.8 Å².